The first-order valence-corrected chi connectivity index (χ1v) is 5.71. The zero-order valence-electron chi connectivity index (χ0n) is 10.0. The van der Waals surface area contributed by atoms with Crippen molar-refractivity contribution >= 4 is 6.09 Å². The van der Waals surface area contributed by atoms with Gasteiger partial charge in [-0.25, -0.2) is 4.79 Å². The smallest absolute Gasteiger partial charge is 0.408 e. The van der Waals surface area contributed by atoms with E-state index in [9.17, 15) is 4.79 Å². The van der Waals surface area contributed by atoms with Crippen LogP contribution in [0, 0.1) is 0 Å². The van der Waals surface area contributed by atoms with Crippen LogP contribution in [0.4, 0.5) is 4.79 Å². The van der Waals surface area contributed by atoms with Crippen LogP contribution >= 0.6 is 0 Å². The number of ether oxygens (including phenoxy) is 1. The number of hydrogen-bond donors (Lipinski definition) is 2. The average Bonchev–Trinajstić information content (AvgIpc) is 2.05. The lowest BCUT2D eigenvalue weighted by atomic mass is 9.91. The Morgan fingerprint density at radius 3 is 2.47 bits per heavy atom. The summed E-state index contributed by atoms with van der Waals surface area (Å²) in [6.07, 6.45) is 4.20. The van der Waals surface area contributed by atoms with Crippen molar-refractivity contribution < 1.29 is 15.3 Å². The zero-order valence-corrected chi connectivity index (χ0v) is 10.0. The molecule has 1 aliphatic rings. The second-order valence-corrected chi connectivity index (χ2v) is 5.30. The van der Waals surface area contributed by atoms with Gasteiger partial charge < -0.3 is 15.8 Å². The monoisotopic (exact) mass is 215 g/mol. The molecule has 4 N–H and O–H groups in total. The molecule has 88 valence electrons. The molecule has 1 amide bonds. The maximum atomic E-state index is 11.5. The van der Waals surface area contributed by atoms with Gasteiger partial charge in [-0.15, -0.1) is 0 Å². The molecule has 0 aromatic carbocycles. The lowest BCUT2D eigenvalue weighted by Gasteiger charge is -2.28. The Morgan fingerprint density at radius 1 is 1.33 bits per heavy atom. The van der Waals surface area contributed by atoms with Gasteiger partial charge in [0.25, 0.3) is 0 Å². The van der Waals surface area contributed by atoms with E-state index in [-0.39, 0.29) is 12.1 Å². The van der Waals surface area contributed by atoms with Gasteiger partial charge in [0.15, 0.2) is 0 Å². The molecule has 4 heteroatoms. The maximum Gasteiger partial charge on any atom is 0.408 e. The van der Waals surface area contributed by atoms with Crippen LogP contribution in [-0.2, 0) is 4.74 Å². The Hall–Kier alpha value is -0.770. The highest BCUT2D eigenvalue weighted by molar-refractivity contribution is 5.68. The van der Waals surface area contributed by atoms with Crippen LogP contribution in [0.1, 0.15) is 46.5 Å². The Kier molecular flexibility index (Phi) is 3.97. The van der Waals surface area contributed by atoms with E-state index in [4.69, 9.17) is 4.74 Å². The number of amides is 1. The summed E-state index contributed by atoms with van der Waals surface area (Å²) >= 11 is 0. The predicted molar refractivity (Wildman–Crippen MR) is 58.3 cm³/mol. The van der Waals surface area contributed by atoms with Crippen LogP contribution in [0.25, 0.3) is 0 Å². The molecule has 0 saturated heterocycles. The molecule has 4 nitrogen and oxygen atoms in total. The van der Waals surface area contributed by atoms with E-state index in [1.165, 1.54) is 12.8 Å². The maximum absolute atomic E-state index is 11.5. The minimum Gasteiger partial charge on any atom is -0.444 e. The summed E-state index contributed by atoms with van der Waals surface area (Å²) in [5, 5.41) is 2.90. The van der Waals surface area contributed by atoms with Crippen LogP contribution in [0.3, 0.4) is 0 Å². The van der Waals surface area contributed by atoms with Crippen molar-refractivity contribution in [3.8, 4) is 0 Å². The van der Waals surface area contributed by atoms with Gasteiger partial charge in [0.2, 0.25) is 0 Å². The molecule has 15 heavy (non-hydrogen) atoms. The molecule has 0 bridgehead atoms. The number of quaternary nitrogens is 1. The Bertz CT molecular complexity index is 223. The molecule has 0 spiro atoms. The highest BCUT2D eigenvalue weighted by Gasteiger charge is 2.27. The number of alkyl carbamates (subject to hydrolysis) is 1. The largest absolute Gasteiger partial charge is 0.444 e. The van der Waals surface area contributed by atoms with Crippen molar-refractivity contribution in [2.24, 2.45) is 0 Å². The summed E-state index contributed by atoms with van der Waals surface area (Å²) in [6.45, 7) is 5.61. The molecule has 2 unspecified atom stereocenters. The molecule has 1 fully saturated rings. The fourth-order valence-corrected chi connectivity index (χ4v) is 1.86. The van der Waals surface area contributed by atoms with E-state index in [1.54, 1.807) is 0 Å². The Balaban J connectivity index is 2.36. The van der Waals surface area contributed by atoms with E-state index in [1.807, 2.05) is 20.8 Å². The lowest BCUT2D eigenvalue weighted by molar-refractivity contribution is -0.430. The number of carbonyl (C=O) groups excluding carboxylic acids is 1. The van der Waals surface area contributed by atoms with Gasteiger partial charge >= 0.3 is 6.09 Å². The SMILES string of the molecule is CC(C)(C)OC(=O)NC1CCCCC1[NH3+]. The molecule has 2 atom stereocenters. The van der Waals surface area contributed by atoms with Gasteiger partial charge in [-0.3, -0.25) is 0 Å². The Morgan fingerprint density at radius 2 is 1.93 bits per heavy atom. The summed E-state index contributed by atoms with van der Waals surface area (Å²) in [5.74, 6) is 0. The van der Waals surface area contributed by atoms with Crippen LogP contribution in [0.15, 0.2) is 0 Å². The second kappa shape index (κ2) is 4.84. The molecule has 0 radical (unpaired) electrons. The number of hydrogen-bond acceptors (Lipinski definition) is 2. The van der Waals surface area contributed by atoms with E-state index in [0.717, 1.165) is 12.8 Å². The van der Waals surface area contributed by atoms with Crippen molar-refractivity contribution in [3.63, 3.8) is 0 Å². The molecule has 0 heterocycles. The third-order valence-electron chi connectivity index (χ3n) is 2.61. The van der Waals surface area contributed by atoms with Crippen LogP contribution < -0.4 is 11.1 Å². The molecule has 1 rings (SSSR count). The van der Waals surface area contributed by atoms with Gasteiger partial charge in [-0.2, -0.15) is 0 Å². The topological polar surface area (TPSA) is 66.0 Å². The molecular weight excluding hydrogens is 192 g/mol. The summed E-state index contributed by atoms with van der Waals surface area (Å²) < 4.78 is 5.21. The third-order valence-corrected chi connectivity index (χ3v) is 2.61. The van der Waals surface area contributed by atoms with Crippen molar-refractivity contribution in [2.45, 2.75) is 64.1 Å². The van der Waals surface area contributed by atoms with Gasteiger partial charge in [0.05, 0.1) is 6.04 Å². The summed E-state index contributed by atoms with van der Waals surface area (Å²) in [5.41, 5.74) is 3.64. The number of rotatable bonds is 1. The van der Waals surface area contributed by atoms with Gasteiger partial charge in [-0.05, 0) is 33.6 Å². The zero-order chi connectivity index (χ0) is 11.5. The minimum atomic E-state index is -0.421. The standard InChI is InChI=1S/C11H22N2O2/c1-11(2,3)15-10(14)13-9-7-5-4-6-8(9)12/h8-9H,4-7,12H2,1-3H3,(H,13,14)/p+1. The molecule has 1 saturated carbocycles. The highest BCUT2D eigenvalue weighted by atomic mass is 16.6. The first-order valence-electron chi connectivity index (χ1n) is 5.71. The summed E-state index contributed by atoms with van der Waals surface area (Å²) in [4.78, 5) is 11.5. The second-order valence-electron chi connectivity index (χ2n) is 5.30. The van der Waals surface area contributed by atoms with Crippen LogP contribution in [-0.4, -0.2) is 23.8 Å². The van der Waals surface area contributed by atoms with Gasteiger partial charge in [0.1, 0.15) is 11.6 Å². The van der Waals surface area contributed by atoms with E-state index >= 15 is 0 Å². The van der Waals surface area contributed by atoms with Crippen molar-refractivity contribution in [2.75, 3.05) is 0 Å². The van der Waals surface area contributed by atoms with E-state index in [2.05, 4.69) is 11.1 Å². The normalized spacial score (nSPS) is 27.2. The quantitative estimate of drug-likeness (QED) is 0.687. The molecule has 0 aliphatic heterocycles. The third kappa shape index (κ3) is 4.51. The number of carbonyl (C=O) groups is 1. The van der Waals surface area contributed by atoms with Gasteiger partial charge in [-0.1, -0.05) is 6.42 Å². The summed E-state index contributed by atoms with van der Waals surface area (Å²) in [7, 11) is 0. The lowest BCUT2D eigenvalue weighted by Crippen LogP contribution is -2.70. The van der Waals surface area contributed by atoms with Crippen molar-refractivity contribution in [1.29, 1.82) is 0 Å². The van der Waals surface area contributed by atoms with Crippen molar-refractivity contribution in [3.05, 3.63) is 0 Å². The fraction of sp³-hybridized carbons (Fsp3) is 0.909. The fourth-order valence-electron chi connectivity index (χ4n) is 1.86. The van der Waals surface area contributed by atoms with E-state index in [0.29, 0.717) is 6.04 Å². The first-order chi connectivity index (χ1) is 6.88. The predicted octanol–water partition coefficient (Wildman–Crippen LogP) is 1.06. The molecular formula is C11H23N2O2+. The molecule has 0 aromatic heterocycles. The van der Waals surface area contributed by atoms with Crippen LogP contribution in [0.5, 0.6) is 0 Å². The van der Waals surface area contributed by atoms with Gasteiger partial charge in [0, 0.05) is 6.42 Å². The van der Waals surface area contributed by atoms with Crippen molar-refractivity contribution in [1.82, 2.24) is 5.32 Å². The Labute approximate surface area is 91.5 Å². The summed E-state index contributed by atoms with van der Waals surface area (Å²) in [6, 6.07) is 0.514. The first kappa shape index (κ1) is 12.3. The highest BCUT2D eigenvalue weighted by Crippen LogP contribution is 2.16. The number of nitrogens with one attached hydrogen (secondary N) is 1. The van der Waals surface area contributed by atoms with Crippen LogP contribution in [0.2, 0.25) is 0 Å². The minimum absolute atomic E-state index is 0.189. The molecule has 0 aromatic rings. The average molecular weight is 215 g/mol. The van der Waals surface area contributed by atoms with E-state index < -0.39 is 5.60 Å². The molecule has 1 aliphatic carbocycles.